The van der Waals surface area contributed by atoms with Gasteiger partial charge in [0, 0.05) is 16.1 Å². The smallest absolute Gasteiger partial charge is 0.145 e. The summed E-state index contributed by atoms with van der Waals surface area (Å²) in [6, 6.07) is 5.47. The van der Waals surface area contributed by atoms with Crippen LogP contribution in [0.15, 0.2) is 28.9 Å². The fraction of sp³-hybridized carbons (Fsp3) is 0.100. The molecule has 1 aromatic heterocycles. The van der Waals surface area contributed by atoms with Gasteiger partial charge in [-0.15, -0.1) is 0 Å². The highest BCUT2D eigenvalue weighted by atomic mass is 79.9. The Morgan fingerprint density at radius 3 is 2.86 bits per heavy atom. The third-order valence-corrected chi connectivity index (χ3v) is 2.95. The van der Waals surface area contributed by atoms with E-state index < -0.39 is 0 Å². The number of methoxy groups -OCH3 is 1. The molecule has 0 aliphatic carbocycles. The van der Waals surface area contributed by atoms with Crippen LogP contribution in [0, 0.1) is 0 Å². The molecule has 1 heterocycles. The van der Waals surface area contributed by atoms with E-state index in [1.807, 2.05) is 12.1 Å². The van der Waals surface area contributed by atoms with Gasteiger partial charge in [-0.2, -0.15) is 0 Å². The lowest BCUT2D eigenvalue weighted by Crippen LogP contribution is -1.88. The van der Waals surface area contributed by atoms with Gasteiger partial charge in [0.05, 0.1) is 12.1 Å². The summed E-state index contributed by atoms with van der Waals surface area (Å²) in [6.45, 7) is 0. The predicted octanol–water partition coefficient (Wildman–Crippen LogP) is 3.66. The zero-order valence-corrected chi connectivity index (χ0v) is 9.76. The maximum atomic E-state index is 6.07. The van der Waals surface area contributed by atoms with Gasteiger partial charge >= 0.3 is 0 Å². The van der Waals surface area contributed by atoms with Gasteiger partial charge in [-0.1, -0.05) is 11.6 Å². The van der Waals surface area contributed by atoms with Gasteiger partial charge in [-0.3, -0.25) is 4.98 Å². The monoisotopic (exact) mass is 271 g/mol. The van der Waals surface area contributed by atoms with E-state index in [1.54, 1.807) is 19.4 Å². The topological polar surface area (TPSA) is 22.1 Å². The molecule has 0 unspecified atom stereocenters. The lowest BCUT2D eigenvalue weighted by atomic mass is 10.2. The fourth-order valence-electron chi connectivity index (χ4n) is 1.33. The Labute approximate surface area is 95.0 Å². The number of fused-ring (bicyclic) bond motifs is 1. The van der Waals surface area contributed by atoms with Crippen LogP contribution in [0.5, 0.6) is 5.75 Å². The summed E-state index contributed by atoms with van der Waals surface area (Å²) in [7, 11) is 1.62. The van der Waals surface area contributed by atoms with Crippen molar-refractivity contribution in [2.75, 3.05) is 7.11 Å². The summed E-state index contributed by atoms with van der Waals surface area (Å²) < 4.78 is 6.12. The molecular formula is C10H7BrClNO. The van der Waals surface area contributed by atoms with Crippen molar-refractivity contribution < 1.29 is 4.74 Å². The molecule has 0 spiro atoms. The van der Waals surface area contributed by atoms with Gasteiger partial charge in [0.25, 0.3) is 0 Å². The Hall–Kier alpha value is -0.800. The molecule has 0 saturated carbocycles. The number of ether oxygens (including phenoxy) is 1. The summed E-state index contributed by atoms with van der Waals surface area (Å²) in [4.78, 5) is 4.23. The molecule has 0 fully saturated rings. The number of benzene rings is 1. The number of halogens is 2. The van der Waals surface area contributed by atoms with Crippen molar-refractivity contribution in [3.63, 3.8) is 0 Å². The van der Waals surface area contributed by atoms with Crippen LogP contribution >= 0.6 is 27.5 Å². The van der Waals surface area contributed by atoms with Crippen molar-refractivity contribution in [3.05, 3.63) is 33.9 Å². The van der Waals surface area contributed by atoms with Gasteiger partial charge in [0.15, 0.2) is 0 Å². The number of aromatic nitrogens is 1. The van der Waals surface area contributed by atoms with Crippen LogP contribution < -0.4 is 4.74 Å². The molecule has 2 nitrogen and oxygen atoms in total. The van der Waals surface area contributed by atoms with Gasteiger partial charge < -0.3 is 4.74 Å². The second-order valence-electron chi connectivity index (χ2n) is 2.77. The van der Waals surface area contributed by atoms with Crippen LogP contribution in [0.1, 0.15) is 0 Å². The van der Waals surface area contributed by atoms with Crippen molar-refractivity contribution in [1.29, 1.82) is 0 Å². The molecular weight excluding hydrogens is 265 g/mol. The summed E-state index contributed by atoms with van der Waals surface area (Å²) in [5.74, 6) is 0.728. The van der Waals surface area contributed by atoms with Gasteiger partial charge in [0.1, 0.15) is 11.3 Å². The van der Waals surface area contributed by atoms with Crippen molar-refractivity contribution in [1.82, 2.24) is 4.98 Å². The van der Waals surface area contributed by atoms with E-state index >= 15 is 0 Å². The molecule has 0 atom stereocenters. The largest absolute Gasteiger partial charge is 0.494 e. The van der Waals surface area contributed by atoms with Crippen LogP contribution in [0.2, 0.25) is 5.02 Å². The minimum Gasteiger partial charge on any atom is -0.494 e. The first-order valence-electron chi connectivity index (χ1n) is 4.00. The summed E-state index contributed by atoms with van der Waals surface area (Å²) in [6.07, 6.45) is 1.71. The zero-order valence-electron chi connectivity index (χ0n) is 7.42. The van der Waals surface area contributed by atoms with Gasteiger partial charge in [-0.25, -0.2) is 0 Å². The Kier molecular flexibility index (Phi) is 2.61. The molecule has 4 heteroatoms. The second kappa shape index (κ2) is 3.75. The zero-order chi connectivity index (χ0) is 10.1. The average Bonchev–Trinajstić information content (AvgIpc) is 2.18. The van der Waals surface area contributed by atoms with E-state index in [2.05, 4.69) is 20.9 Å². The fourth-order valence-corrected chi connectivity index (χ4v) is 2.22. The first-order chi connectivity index (χ1) is 6.74. The Balaban J connectivity index is 2.91. The van der Waals surface area contributed by atoms with Crippen molar-refractivity contribution in [2.24, 2.45) is 0 Å². The first kappa shape index (κ1) is 9.74. The molecule has 0 amide bonds. The van der Waals surface area contributed by atoms with Crippen molar-refractivity contribution in [3.8, 4) is 5.75 Å². The molecule has 0 N–H and O–H groups in total. The van der Waals surface area contributed by atoms with Crippen molar-refractivity contribution in [2.45, 2.75) is 0 Å². The molecule has 0 radical (unpaired) electrons. The van der Waals surface area contributed by atoms with E-state index in [9.17, 15) is 0 Å². The maximum absolute atomic E-state index is 6.07. The standard InChI is InChI=1S/C10H7BrClNO/c1-14-8-3-2-7(12)9-6(11)4-5-13-10(8)9/h2-5H,1H3. The van der Waals surface area contributed by atoms with Crippen molar-refractivity contribution >= 4 is 38.4 Å². The van der Waals surface area contributed by atoms with Crippen LogP contribution in [-0.4, -0.2) is 12.1 Å². The summed E-state index contributed by atoms with van der Waals surface area (Å²) in [5.41, 5.74) is 0.773. The van der Waals surface area contributed by atoms with E-state index in [0.717, 1.165) is 21.1 Å². The van der Waals surface area contributed by atoms with Crippen LogP contribution in [0.4, 0.5) is 0 Å². The Bertz CT molecular complexity index is 479. The van der Waals surface area contributed by atoms with Crippen LogP contribution in [0.25, 0.3) is 10.9 Å². The Morgan fingerprint density at radius 2 is 2.14 bits per heavy atom. The predicted molar refractivity (Wildman–Crippen MR) is 61.0 cm³/mol. The summed E-state index contributed by atoms with van der Waals surface area (Å²) in [5, 5.41) is 1.55. The molecule has 0 bridgehead atoms. The molecule has 14 heavy (non-hydrogen) atoms. The molecule has 0 saturated heterocycles. The van der Waals surface area contributed by atoms with Gasteiger partial charge in [-0.05, 0) is 34.1 Å². The number of hydrogen-bond acceptors (Lipinski definition) is 2. The van der Waals surface area contributed by atoms with Crippen LogP contribution in [-0.2, 0) is 0 Å². The number of hydrogen-bond donors (Lipinski definition) is 0. The number of pyridine rings is 1. The van der Waals surface area contributed by atoms with E-state index in [1.165, 1.54) is 0 Å². The molecule has 2 aromatic rings. The lowest BCUT2D eigenvalue weighted by Gasteiger charge is -2.06. The van der Waals surface area contributed by atoms with Crippen LogP contribution in [0.3, 0.4) is 0 Å². The maximum Gasteiger partial charge on any atom is 0.145 e. The van der Waals surface area contributed by atoms with E-state index in [0.29, 0.717) is 5.02 Å². The number of rotatable bonds is 1. The van der Waals surface area contributed by atoms with Gasteiger partial charge in [0.2, 0.25) is 0 Å². The third-order valence-electron chi connectivity index (χ3n) is 1.97. The molecule has 2 rings (SSSR count). The normalized spacial score (nSPS) is 10.5. The molecule has 0 aliphatic heterocycles. The SMILES string of the molecule is COc1ccc(Cl)c2c(Br)ccnc12. The lowest BCUT2D eigenvalue weighted by molar-refractivity contribution is 0.419. The van der Waals surface area contributed by atoms with E-state index in [-0.39, 0.29) is 0 Å². The average molecular weight is 273 g/mol. The minimum atomic E-state index is 0.667. The first-order valence-corrected chi connectivity index (χ1v) is 5.18. The Morgan fingerprint density at radius 1 is 1.36 bits per heavy atom. The second-order valence-corrected chi connectivity index (χ2v) is 4.03. The highest BCUT2D eigenvalue weighted by Gasteiger charge is 2.08. The highest BCUT2D eigenvalue weighted by molar-refractivity contribution is 9.10. The third kappa shape index (κ3) is 1.47. The minimum absolute atomic E-state index is 0.667. The summed E-state index contributed by atoms with van der Waals surface area (Å²) >= 11 is 9.50. The quantitative estimate of drug-likeness (QED) is 0.790. The molecule has 1 aromatic carbocycles. The number of nitrogens with zero attached hydrogens (tertiary/aromatic N) is 1. The van der Waals surface area contributed by atoms with E-state index in [4.69, 9.17) is 16.3 Å². The molecule has 0 aliphatic rings. The highest BCUT2D eigenvalue weighted by Crippen LogP contribution is 2.34. The molecule has 72 valence electrons.